The maximum absolute atomic E-state index is 11.5. The van der Waals surface area contributed by atoms with Gasteiger partial charge < -0.3 is 4.74 Å². The lowest BCUT2D eigenvalue weighted by Crippen LogP contribution is -2.01. The Hall–Kier alpha value is -0.780. The van der Waals surface area contributed by atoms with E-state index < -0.39 is 0 Å². The molecule has 0 N–H and O–H groups in total. The van der Waals surface area contributed by atoms with Gasteiger partial charge in [0.1, 0.15) is 0 Å². The zero-order valence-corrected chi connectivity index (χ0v) is 14.0. The van der Waals surface area contributed by atoms with Crippen molar-refractivity contribution in [3.8, 4) is 0 Å². The van der Waals surface area contributed by atoms with Gasteiger partial charge in [0.15, 0.2) is 0 Å². The maximum Gasteiger partial charge on any atom is 0.339 e. The van der Waals surface area contributed by atoms with Crippen LogP contribution in [-0.2, 0) is 4.74 Å². The summed E-state index contributed by atoms with van der Waals surface area (Å²) in [7, 11) is 1.37. The van der Waals surface area contributed by atoms with E-state index in [1.165, 1.54) is 7.11 Å². The minimum atomic E-state index is -0.341. The van der Waals surface area contributed by atoms with Crippen LogP contribution in [0.4, 0.5) is 0 Å². The predicted molar refractivity (Wildman–Crippen MR) is 83.7 cm³/mol. The first-order valence-electron chi connectivity index (χ1n) is 5.41. The van der Waals surface area contributed by atoms with Gasteiger partial charge in [0.05, 0.1) is 12.7 Å². The Morgan fingerprint density at radius 1 is 1.05 bits per heavy atom. The second kappa shape index (κ2) is 6.59. The van der Waals surface area contributed by atoms with E-state index in [9.17, 15) is 4.79 Å². The molecule has 0 aliphatic heterocycles. The molecule has 0 spiro atoms. The lowest BCUT2D eigenvalue weighted by molar-refractivity contribution is 0.0599. The molecule has 0 amide bonds. The third-order valence-corrected chi connectivity index (χ3v) is 4.58. The van der Waals surface area contributed by atoms with Crippen molar-refractivity contribution in [2.75, 3.05) is 7.11 Å². The summed E-state index contributed by atoms with van der Waals surface area (Å²) in [5, 5.41) is 0. The number of carbonyl (C=O) groups is 1. The second-order valence-corrected chi connectivity index (χ2v) is 6.61. The standard InChI is InChI=1S/C14H10Br2O2S/c1-18-14(17)12-7-6-11(8-13(12)16)19-10-4-2-9(15)3-5-10/h2-8H,1H3. The van der Waals surface area contributed by atoms with Crippen LogP contribution in [0.2, 0.25) is 0 Å². The quantitative estimate of drug-likeness (QED) is 0.665. The number of hydrogen-bond donors (Lipinski definition) is 0. The summed E-state index contributed by atoms with van der Waals surface area (Å²) in [6.07, 6.45) is 0. The minimum Gasteiger partial charge on any atom is -0.465 e. The molecule has 2 aromatic carbocycles. The zero-order chi connectivity index (χ0) is 13.8. The minimum absolute atomic E-state index is 0.341. The van der Waals surface area contributed by atoms with Crippen LogP contribution in [-0.4, -0.2) is 13.1 Å². The van der Waals surface area contributed by atoms with Crippen molar-refractivity contribution >= 4 is 49.6 Å². The van der Waals surface area contributed by atoms with E-state index in [-0.39, 0.29) is 5.97 Å². The Morgan fingerprint density at radius 3 is 2.26 bits per heavy atom. The van der Waals surface area contributed by atoms with E-state index in [0.29, 0.717) is 5.56 Å². The summed E-state index contributed by atoms with van der Waals surface area (Å²) in [5.74, 6) is -0.341. The second-order valence-electron chi connectivity index (χ2n) is 3.69. The lowest BCUT2D eigenvalue weighted by atomic mass is 10.2. The molecule has 19 heavy (non-hydrogen) atoms. The summed E-state index contributed by atoms with van der Waals surface area (Å²) in [6.45, 7) is 0. The normalized spacial score (nSPS) is 10.3. The molecule has 0 bridgehead atoms. The molecule has 2 nitrogen and oxygen atoms in total. The summed E-state index contributed by atoms with van der Waals surface area (Å²) < 4.78 is 6.50. The highest BCUT2D eigenvalue weighted by molar-refractivity contribution is 9.10. The Morgan fingerprint density at radius 2 is 1.68 bits per heavy atom. The lowest BCUT2D eigenvalue weighted by Gasteiger charge is -2.06. The van der Waals surface area contributed by atoms with Gasteiger partial charge >= 0.3 is 5.97 Å². The van der Waals surface area contributed by atoms with Gasteiger partial charge in [-0.05, 0) is 58.4 Å². The molecule has 0 radical (unpaired) electrons. The number of rotatable bonds is 3. The Labute approximate surface area is 132 Å². The average molecular weight is 402 g/mol. The van der Waals surface area contributed by atoms with E-state index in [1.54, 1.807) is 17.8 Å². The molecule has 0 aliphatic carbocycles. The average Bonchev–Trinajstić information content (AvgIpc) is 2.41. The first-order valence-corrected chi connectivity index (χ1v) is 7.81. The fraction of sp³-hybridized carbons (Fsp3) is 0.0714. The maximum atomic E-state index is 11.5. The molecule has 0 saturated carbocycles. The number of ether oxygens (including phenoxy) is 1. The zero-order valence-electron chi connectivity index (χ0n) is 10.0. The van der Waals surface area contributed by atoms with Crippen LogP contribution < -0.4 is 0 Å². The third kappa shape index (κ3) is 3.84. The summed E-state index contributed by atoms with van der Waals surface area (Å²) in [4.78, 5) is 13.7. The molecule has 2 rings (SSSR count). The van der Waals surface area contributed by atoms with Crippen molar-refractivity contribution in [2.24, 2.45) is 0 Å². The van der Waals surface area contributed by atoms with E-state index >= 15 is 0 Å². The molecule has 0 unspecified atom stereocenters. The molecule has 5 heteroatoms. The van der Waals surface area contributed by atoms with E-state index in [1.807, 2.05) is 36.4 Å². The monoisotopic (exact) mass is 400 g/mol. The molecule has 0 saturated heterocycles. The fourth-order valence-corrected chi connectivity index (χ4v) is 3.29. The van der Waals surface area contributed by atoms with E-state index in [4.69, 9.17) is 4.74 Å². The topological polar surface area (TPSA) is 26.3 Å². The van der Waals surface area contributed by atoms with Crippen molar-refractivity contribution in [1.82, 2.24) is 0 Å². The molecule has 2 aromatic rings. The van der Waals surface area contributed by atoms with Crippen LogP contribution in [0.1, 0.15) is 10.4 Å². The van der Waals surface area contributed by atoms with Gasteiger partial charge in [0.2, 0.25) is 0 Å². The molecular weight excluding hydrogens is 392 g/mol. The van der Waals surface area contributed by atoms with Crippen LogP contribution in [0.5, 0.6) is 0 Å². The number of halogens is 2. The van der Waals surface area contributed by atoms with Gasteiger partial charge in [-0.15, -0.1) is 0 Å². The first-order chi connectivity index (χ1) is 9.10. The Balaban J connectivity index is 2.20. The van der Waals surface area contributed by atoms with Crippen molar-refractivity contribution in [2.45, 2.75) is 9.79 Å². The highest BCUT2D eigenvalue weighted by atomic mass is 79.9. The summed E-state index contributed by atoms with van der Waals surface area (Å²) >= 11 is 8.44. The molecule has 0 heterocycles. The van der Waals surface area contributed by atoms with E-state index in [0.717, 1.165) is 18.7 Å². The predicted octanol–water partition coefficient (Wildman–Crippen LogP) is 5.15. The Bertz CT molecular complexity index is 597. The molecule has 0 aliphatic rings. The van der Waals surface area contributed by atoms with Gasteiger partial charge in [-0.2, -0.15) is 0 Å². The van der Waals surface area contributed by atoms with Crippen LogP contribution in [0.25, 0.3) is 0 Å². The first kappa shape index (κ1) is 14.6. The van der Waals surface area contributed by atoms with Crippen molar-refractivity contribution < 1.29 is 9.53 Å². The van der Waals surface area contributed by atoms with Gasteiger partial charge in [-0.25, -0.2) is 4.79 Å². The van der Waals surface area contributed by atoms with Gasteiger partial charge in [0.25, 0.3) is 0 Å². The number of carbonyl (C=O) groups excluding carboxylic acids is 1. The number of benzene rings is 2. The van der Waals surface area contributed by atoms with Crippen molar-refractivity contribution in [3.63, 3.8) is 0 Å². The fourth-order valence-electron chi connectivity index (χ4n) is 1.47. The summed E-state index contributed by atoms with van der Waals surface area (Å²) in [5.41, 5.74) is 0.530. The Kier molecular flexibility index (Phi) is 5.07. The number of esters is 1. The smallest absolute Gasteiger partial charge is 0.339 e. The summed E-state index contributed by atoms with van der Waals surface area (Å²) in [6, 6.07) is 13.7. The highest BCUT2D eigenvalue weighted by Gasteiger charge is 2.10. The van der Waals surface area contributed by atoms with Gasteiger partial charge in [0, 0.05) is 18.7 Å². The van der Waals surface area contributed by atoms with E-state index in [2.05, 4.69) is 31.9 Å². The van der Waals surface area contributed by atoms with Gasteiger partial charge in [-0.1, -0.05) is 27.7 Å². The highest BCUT2D eigenvalue weighted by Crippen LogP contribution is 2.31. The molecule has 98 valence electrons. The van der Waals surface area contributed by atoms with Crippen molar-refractivity contribution in [3.05, 3.63) is 57.0 Å². The molecule has 0 aromatic heterocycles. The van der Waals surface area contributed by atoms with Crippen LogP contribution in [0, 0.1) is 0 Å². The number of methoxy groups -OCH3 is 1. The van der Waals surface area contributed by atoms with Crippen LogP contribution in [0.15, 0.2) is 61.2 Å². The third-order valence-electron chi connectivity index (χ3n) is 2.40. The largest absolute Gasteiger partial charge is 0.465 e. The van der Waals surface area contributed by atoms with Crippen LogP contribution >= 0.6 is 43.6 Å². The van der Waals surface area contributed by atoms with Crippen LogP contribution in [0.3, 0.4) is 0 Å². The molecular formula is C14H10Br2O2S. The molecule has 0 atom stereocenters. The SMILES string of the molecule is COC(=O)c1ccc(Sc2ccc(Br)cc2)cc1Br. The van der Waals surface area contributed by atoms with Crippen molar-refractivity contribution in [1.29, 1.82) is 0 Å². The number of hydrogen-bond acceptors (Lipinski definition) is 3. The van der Waals surface area contributed by atoms with Gasteiger partial charge in [-0.3, -0.25) is 0 Å². The molecule has 0 fully saturated rings.